The molecule has 0 heterocycles. The molecule has 63 heavy (non-hydrogen) atoms. The van der Waals surface area contributed by atoms with Gasteiger partial charge in [-0.1, -0.05) is 245 Å². The van der Waals surface area contributed by atoms with Gasteiger partial charge in [0, 0.05) is 6.42 Å². The number of aliphatic hydroxyl groups excluding tert-OH is 2. The van der Waals surface area contributed by atoms with Crippen molar-refractivity contribution in [2.75, 3.05) is 6.61 Å². The number of rotatable bonds is 46. The lowest BCUT2D eigenvalue weighted by Crippen LogP contribution is -2.45. The third kappa shape index (κ3) is 49.7. The molecule has 3 N–H and O–H groups in total. The van der Waals surface area contributed by atoms with Gasteiger partial charge in [-0.2, -0.15) is 0 Å². The zero-order chi connectivity index (χ0) is 45.6. The second kappa shape index (κ2) is 53.1. The number of carbonyl (C=O) groups excluding carboxylic acids is 1. The van der Waals surface area contributed by atoms with E-state index in [1.807, 2.05) is 6.08 Å². The summed E-state index contributed by atoms with van der Waals surface area (Å²) in [5, 5.41) is 23.0. The van der Waals surface area contributed by atoms with Crippen LogP contribution in [-0.2, 0) is 4.79 Å². The van der Waals surface area contributed by atoms with E-state index in [1.54, 1.807) is 6.08 Å². The molecule has 358 valence electrons. The number of nitrogens with one attached hydrogen (secondary N) is 1. The van der Waals surface area contributed by atoms with Crippen molar-refractivity contribution in [1.82, 2.24) is 5.32 Å². The molecule has 0 saturated carbocycles. The maximum atomic E-state index is 12.4. The van der Waals surface area contributed by atoms with Crippen LogP contribution in [0, 0.1) is 0 Å². The normalized spacial score (nSPS) is 13.9. The summed E-state index contributed by atoms with van der Waals surface area (Å²) in [6, 6.07) is -0.644. The monoisotopic (exact) mass is 870 g/mol. The van der Waals surface area contributed by atoms with E-state index >= 15 is 0 Å². The van der Waals surface area contributed by atoms with Crippen molar-refractivity contribution >= 4 is 5.91 Å². The molecule has 0 spiro atoms. The first kappa shape index (κ1) is 59.8. The van der Waals surface area contributed by atoms with Gasteiger partial charge in [-0.3, -0.25) is 4.79 Å². The molecule has 2 atom stereocenters. The summed E-state index contributed by atoms with van der Waals surface area (Å²) in [6.07, 6.45) is 82.0. The van der Waals surface area contributed by atoms with Gasteiger partial charge in [-0.05, 0) is 96.3 Å². The van der Waals surface area contributed by atoms with Gasteiger partial charge in [0.25, 0.3) is 0 Å². The van der Waals surface area contributed by atoms with Crippen molar-refractivity contribution in [3.63, 3.8) is 0 Å². The molecule has 4 heteroatoms. The van der Waals surface area contributed by atoms with Crippen LogP contribution in [0.2, 0.25) is 0 Å². The minimum atomic E-state index is -0.867. The van der Waals surface area contributed by atoms with Crippen LogP contribution in [-0.4, -0.2) is 34.9 Å². The van der Waals surface area contributed by atoms with Crippen molar-refractivity contribution in [1.29, 1.82) is 0 Å². The van der Waals surface area contributed by atoms with Crippen LogP contribution in [0.5, 0.6) is 0 Å². The third-order valence-corrected chi connectivity index (χ3v) is 11.2. The van der Waals surface area contributed by atoms with Crippen LogP contribution in [0.25, 0.3) is 0 Å². The number of amides is 1. The molecule has 2 unspecified atom stereocenters. The highest BCUT2D eigenvalue weighted by molar-refractivity contribution is 5.76. The summed E-state index contributed by atoms with van der Waals surface area (Å²) in [5.41, 5.74) is 0. The van der Waals surface area contributed by atoms with Gasteiger partial charge in [0.05, 0.1) is 18.8 Å². The Hall–Kier alpha value is -3.21. The van der Waals surface area contributed by atoms with E-state index in [4.69, 9.17) is 0 Å². The van der Waals surface area contributed by atoms with Crippen LogP contribution in [0.15, 0.2) is 122 Å². The summed E-state index contributed by atoms with van der Waals surface area (Å²) in [7, 11) is 0. The maximum Gasteiger partial charge on any atom is 0.220 e. The Labute approximate surface area is 390 Å². The molecule has 0 aromatic carbocycles. The molecule has 0 aliphatic carbocycles. The zero-order valence-electron chi connectivity index (χ0n) is 41.0. The van der Waals surface area contributed by atoms with E-state index in [-0.39, 0.29) is 12.5 Å². The van der Waals surface area contributed by atoms with Crippen molar-refractivity contribution in [3.05, 3.63) is 122 Å². The van der Waals surface area contributed by atoms with Crippen molar-refractivity contribution < 1.29 is 15.0 Å². The molecule has 0 saturated heterocycles. The Kier molecular flexibility index (Phi) is 50.4. The van der Waals surface area contributed by atoms with Gasteiger partial charge < -0.3 is 15.5 Å². The average Bonchev–Trinajstić information content (AvgIpc) is 3.29. The first-order valence-electron chi connectivity index (χ1n) is 26.2. The summed E-state index contributed by atoms with van der Waals surface area (Å²) < 4.78 is 0. The first-order chi connectivity index (χ1) is 31.2. The van der Waals surface area contributed by atoms with Crippen molar-refractivity contribution in [3.8, 4) is 0 Å². The number of hydrogen-bond acceptors (Lipinski definition) is 3. The molecule has 0 fully saturated rings. The second-order valence-corrected chi connectivity index (χ2v) is 17.2. The lowest BCUT2D eigenvalue weighted by atomic mass is 10.0. The predicted molar refractivity (Wildman–Crippen MR) is 280 cm³/mol. The fraction of sp³-hybridized carbons (Fsp3) is 0.644. The third-order valence-electron chi connectivity index (χ3n) is 11.2. The van der Waals surface area contributed by atoms with Crippen LogP contribution >= 0.6 is 0 Å². The fourth-order valence-corrected chi connectivity index (χ4v) is 7.21. The standard InChI is InChI=1S/C59H99NO3/c1-3-5-7-9-11-13-15-17-18-19-20-21-22-23-24-25-26-27-28-29-30-31-32-33-34-35-36-37-38-39-40-41-42-43-45-47-49-51-53-55-59(63)60-57(56-61)58(62)54-52-50-48-46-44-16-14-12-10-8-6-4-2/h5,7,11,13,17-18,20-21,23-24,26-27,29-30,32-33,44,46,52,54,57-58,61-62H,3-4,6,8-10,12,14-16,19,22,25,28,31,34-43,45,47-51,53,55-56H2,1-2H3,(H,60,63)/b7-5-,13-11-,18-17-,21-20-,24-23-,27-26-,30-29-,33-32-,46-44+,54-52+. The molecule has 0 rings (SSSR count). The van der Waals surface area contributed by atoms with E-state index in [0.717, 1.165) is 83.5 Å². The highest BCUT2D eigenvalue weighted by Crippen LogP contribution is 2.14. The quantitative estimate of drug-likeness (QED) is 0.0422. The Morgan fingerprint density at radius 1 is 0.397 bits per heavy atom. The first-order valence-corrected chi connectivity index (χ1v) is 26.2. The van der Waals surface area contributed by atoms with Crippen LogP contribution < -0.4 is 5.32 Å². The highest BCUT2D eigenvalue weighted by Gasteiger charge is 2.17. The van der Waals surface area contributed by atoms with Crippen molar-refractivity contribution in [2.24, 2.45) is 0 Å². The van der Waals surface area contributed by atoms with Gasteiger partial charge in [-0.15, -0.1) is 0 Å². The summed E-state index contributed by atoms with van der Waals surface area (Å²) in [5.74, 6) is -0.0803. The van der Waals surface area contributed by atoms with Gasteiger partial charge in [0.1, 0.15) is 0 Å². The second-order valence-electron chi connectivity index (χ2n) is 17.2. The molecule has 0 aliphatic heterocycles. The lowest BCUT2D eigenvalue weighted by Gasteiger charge is -2.19. The minimum absolute atomic E-state index is 0.0803. The zero-order valence-corrected chi connectivity index (χ0v) is 41.0. The number of allylic oxidation sites excluding steroid dienone is 19. The highest BCUT2D eigenvalue weighted by atomic mass is 16.3. The number of carbonyl (C=O) groups is 1. The van der Waals surface area contributed by atoms with E-state index in [1.165, 1.54) is 122 Å². The Morgan fingerprint density at radius 2 is 0.714 bits per heavy atom. The fourth-order valence-electron chi connectivity index (χ4n) is 7.21. The Morgan fingerprint density at radius 3 is 1.11 bits per heavy atom. The molecule has 4 nitrogen and oxygen atoms in total. The van der Waals surface area contributed by atoms with Crippen molar-refractivity contribution in [2.45, 2.75) is 238 Å². The summed E-state index contributed by atoms with van der Waals surface area (Å²) in [6.45, 7) is 4.15. The topological polar surface area (TPSA) is 69.6 Å². The number of unbranched alkanes of at least 4 members (excludes halogenated alkanes) is 21. The molecular weight excluding hydrogens is 771 g/mol. The SMILES string of the molecule is CC/C=C\C/C=C\C/C=C\C/C=C\C/C=C\C/C=C\C/C=C\C/C=C\CCCCCCCCCCCCCCCCC(=O)NC(CO)C(O)/C=C/CC/C=C/CCCCCCCC. The minimum Gasteiger partial charge on any atom is -0.394 e. The Balaban J connectivity index is 3.56. The molecule has 1 amide bonds. The molecule has 0 bridgehead atoms. The van der Waals surface area contributed by atoms with Gasteiger partial charge in [-0.25, -0.2) is 0 Å². The van der Waals surface area contributed by atoms with Crippen LogP contribution in [0.3, 0.4) is 0 Å². The largest absolute Gasteiger partial charge is 0.394 e. The molecule has 0 aromatic heterocycles. The van der Waals surface area contributed by atoms with Gasteiger partial charge in [0.15, 0.2) is 0 Å². The van der Waals surface area contributed by atoms with Crippen LogP contribution in [0.1, 0.15) is 226 Å². The Bertz CT molecular complexity index is 1260. The molecule has 0 aromatic rings. The van der Waals surface area contributed by atoms with E-state index < -0.39 is 12.1 Å². The van der Waals surface area contributed by atoms with E-state index in [2.05, 4.69) is 129 Å². The maximum absolute atomic E-state index is 12.4. The van der Waals surface area contributed by atoms with Gasteiger partial charge in [0.2, 0.25) is 5.91 Å². The molecular formula is C59H99NO3. The van der Waals surface area contributed by atoms with E-state index in [0.29, 0.717) is 6.42 Å². The summed E-state index contributed by atoms with van der Waals surface area (Å²) in [4.78, 5) is 12.4. The average molecular weight is 870 g/mol. The lowest BCUT2D eigenvalue weighted by molar-refractivity contribution is -0.123. The molecule has 0 aliphatic rings. The number of hydrogen-bond donors (Lipinski definition) is 3. The number of aliphatic hydroxyl groups is 2. The molecule has 0 radical (unpaired) electrons. The predicted octanol–water partition coefficient (Wildman–Crippen LogP) is 17.3. The smallest absolute Gasteiger partial charge is 0.220 e. The van der Waals surface area contributed by atoms with Crippen LogP contribution in [0.4, 0.5) is 0 Å². The van der Waals surface area contributed by atoms with Gasteiger partial charge >= 0.3 is 0 Å². The summed E-state index contributed by atoms with van der Waals surface area (Å²) >= 11 is 0. The van der Waals surface area contributed by atoms with E-state index in [9.17, 15) is 15.0 Å².